The van der Waals surface area contributed by atoms with Gasteiger partial charge in [0.1, 0.15) is 5.82 Å². The first-order chi connectivity index (χ1) is 9.13. The molecule has 1 aromatic carbocycles. The average Bonchev–Trinajstić information content (AvgIpc) is 3.18. The number of aryl methyl sites for hydroxylation is 1. The molecule has 0 bridgehead atoms. The minimum Gasteiger partial charge on any atom is -0.436 e. The SMILES string of the molecule is Cc1cccc(Oc2cc(=O)[nH]c(C3CC3)n2)c1F. The van der Waals surface area contributed by atoms with E-state index in [0.717, 1.165) is 12.8 Å². The second-order valence-electron chi connectivity index (χ2n) is 4.73. The monoisotopic (exact) mass is 260 g/mol. The molecule has 0 spiro atoms. The molecule has 1 heterocycles. The number of hydrogen-bond acceptors (Lipinski definition) is 3. The van der Waals surface area contributed by atoms with Gasteiger partial charge in [0.05, 0.1) is 6.07 Å². The first kappa shape index (κ1) is 11.9. The molecule has 19 heavy (non-hydrogen) atoms. The van der Waals surface area contributed by atoms with Gasteiger partial charge in [-0.3, -0.25) is 4.79 Å². The van der Waals surface area contributed by atoms with Gasteiger partial charge in [0.15, 0.2) is 11.6 Å². The Bertz CT molecular complexity index is 677. The van der Waals surface area contributed by atoms with Crippen LogP contribution in [0.5, 0.6) is 11.6 Å². The van der Waals surface area contributed by atoms with Crippen LogP contribution in [0.1, 0.15) is 30.1 Å². The van der Waals surface area contributed by atoms with Crippen molar-refractivity contribution in [1.29, 1.82) is 0 Å². The first-order valence-electron chi connectivity index (χ1n) is 6.18. The Hall–Kier alpha value is -2.17. The second-order valence-corrected chi connectivity index (χ2v) is 4.73. The van der Waals surface area contributed by atoms with Gasteiger partial charge in [-0.15, -0.1) is 0 Å². The van der Waals surface area contributed by atoms with Gasteiger partial charge in [-0.05, 0) is 31.4 Å². The summed E-state index contributed by atoms with van der Waals surface area (Å²) in [6.45, 7) is 1.66. The molecule has 1 fully saturated rings. The number of nitrogens with one attached hydrogen (secondary N) is 1. The van der Waals surface area contributed by atoms with Gasteiger partial charge in [-0.25, -0.2) is 4.39 Å². The molecule has 5 heteroatoms. The third kappa shape index (κ3) is 2.50. The third-order valence-electron chi connectivity index (χ3n) is 3.07. The van der Waals surface area contributed by atoms with Crippen molar-refractivity contribution in [3.63, 3.8) is 0 Å². The molecular formula is C14H13FN2O2. The Kier molecular flexibility index (Phi) is 2.81. The number of aromatic nitrogens is 2. The van der Waals surface area contributed by atoms with Crippen molar-refractivity contribution in [3.8, 4) is 11.6 Å². The lowest BCUT2D eigenvalue weighted by molar-refractivity contribution is 0.422. The van der Waals surface area contributed by atoms with Crippen LogP contribution >= 0.6 is 0 Å². The van der Waals surface area contributed by atoms with Gasteiger partial charge in [0, 0.05) is 5.92 Å². The molecule has 2 aromatic rings. The van der Waals surface area contributed by atoms with Crippen molar-refractivity contribution < 1.29 is 9.13 Å². The number of H-pyrrole nitrogens is 1. The van der Waals surface area contributed by atoms with Crippen LogP contribution in [-0.4, -0.2) is 9.97 Å². The summed E-state index contributed by atoms with van der Waals surface area (Å²) in [7, 11) is 0. The topological polar surface area (TPSA) is 55.0 Å². The molecular weight excluding hydrogens is 247 g/mol. The lowest BCUT2D eigenvalue weighted by Gasteiger charge is -2.08. The predicted octanol–water partition coefficient (Wildman–Crippen LogP) is 2.89. The number of aromatic amines is 1. The quantitative estimate of drug-likeness (QED) is 0.923. The summed E-state index contributed by atoms with van der Waals surface area (Å²) in [6, 6.07) is 6.10. The third-order valence-corrected chi connectivity index (χ3v) is 3.07. The normalized spacial score (nSPS) is 14.4. The van der Waals surface area contributed by atoms with Crippen LogP contribution in [0.3, 0.4) is 0 Å². The van der Waals surface area contributed by atoms with Crippen molar-refractivity contribution in [2.24, 2.45) is 0 Å². The highest BCUT2D eigenvalue weighted by Crippen LogP contribution is 2.38. The summed E-state index contributed by atoms with van der Waals surface area (Å²) in [6.07, 6.45) is 2.04. The molecule has 1 aromatic heterocycles. The second kappa shape index (κ2) is 4.50. The molecule has 1 N–H and O–H groups in total. The maximum absolute atomic E-state index is 13.8. The molecule has 0 unspecified atom stereocenters. The van der Waals surface area contributed by atoms with Gasteiger partial charge in [0.25, 0.3) is 5.56 Å². The molecule has 0 amide bonds. The van der Waals surface area contributed by atoms with Gasteiger partial charge in [-0.2, -0.15) is 4.98 Å². The van der Waals surface area contributed by atoms with Gasteiger partial charge in [0.2, 0.25) is 5.88 Å². The van der Waals surface area contributed by atoms with Crippen LogP contribution in [0, 0.1) is 12.7 Å². The summed E-state index contributed by atoms with van der Waals surface area (Å²) >= 11 is 0. The van der Waals surface area contributed by atoms with Crippen molar-refractivity contribution in [2.75, 3.05) is 0 Å². The van der Waals surface area contributed by atoms with Crippen molar-refractivity contribution >= 4 is 0 Å². The van der Waals surface area contributed by atoms with Crippen LogP contribution < -0.4 is 10.3 Å². The van der Waals surface area contributed by atoms with Crippen LogP contribution in [0.2, 0.25) is 0 Å². The van der Waals surface area contributed by atoms with Crippen molar-refractivity contribution in [2.45, 2.75) is 25.7 Å². The Morgan fingerprint density at radius 3 is 2.95 bits per heavy atom. The zero-order chi connectivity index (χ0) is 13.4. The van der Waals surface area contributed by atoms with E-state index in [1.54, 1.807) is 19.1 Å². The average molecular weight is 260 g/mol. The number of rotatable bonds is 3. The van der Waals surface area contributed by atoms with E-state index < -0.39 is 5.82 Å². The zero-order valence-electron chi connectivity index (χ0n) is 10.4. The standard InChI is InChI=1S/C14H13FN2O2/c1-8-3-2-4-10(13(8)15)19-12-7-11(18)16-14(17-12)9-5-6-9/h2-4,7,9H,5-6H2,1H3,(H,16,17,18). The largest absolute Gasteiger partial charge is 0.436 e. The number of nitrogens with zero attached hydrogens (tertiary/aromatic N) is 1. The highest BCUT2D eigenvalue weighted by atomic mass is 19.1. The molecule has 0 aliphatic heterocycles. The summed E-state index contributed by atoms with van der Waals surface area (Å²) in [5, 5.41) is 0. The highest BCUT2D eigenvalue weighted by molar-refractivity contribution is 5.33. The van der Waals surface area contributed by atoms with E-state index in [-0.39, 0.29) is 17.2 Å². The molecule has 3 rings (SSSR count). The fraction of sp³-hybridized carbons (Fsp3) is 0.286. The van der Waals surface area contributed by atoms with Gasteiger partial charge in [-0.1, -0.05) is 12.1 Å². The van der Waals surface area contributed by atoms with Crippen LogP contribution in [-0.2, 0) is 0 Å². The Balaban J connectivity index is 1.94. The molecule has 4 nitrogen and oxygen atoms in total. The molecule has 0 saturated heterocycles. The first-order valence-corrected chi connectivity index (χ1v) is 6.18. The lowest BCUT2D eigenvalue weighted by atomic mass is 10.2. The Labute approximate surface area is 109 Å². The van der Waals surface area contributed by atoms with E-state index in [1.165, 1.54) is 12.1 Å². The summed E-state index contributed by atoms with van der Waals surface area (Å²) in [4.78, 5) is 18.4. The molecule has 0 radical (unpaired) electrons. The molecule has 0 atom stereocenters. The van der Waals surface area contributed by atoms with E-state index in [0.29, 0.717) is 17.3 Å². The van der Waals surface area contributed by atoms with Gasteiger partial charge < -0.3 is 9.72 Å². The minimum absolute atomic E-state index is 0.0832. The number of benzene rings is 1. The molecule has 1 aliphatic carbocycles. The van der Waals surface area contributed by atoms with Crippen molar-refractivity contribution in [1.82, 2.24) is 9.97 Å². The molecule has 98 valence electrons. The summed E-state index contributed by atoms with van der Waals surface area (Å²) < 4.78 is 19.2. The number of ether oxygens (including phenoxy) is 1. The number of hydrogen-bond donors (Lipinski definition) is 1. The maximum Gasteiger partial charge on any atom is 0.254 e. The number of halogens is 1. The predicted molar refractivity (Wildman–Crippen MR) is 68.0 cm³/mol. The summed E-state index contributed by atoms with van der Waals surface area (Å²) in [5.41, 5.74) is 0.213. The Morgan fingerprint density at radius 1 is 1.42 bits per heavy atom. The fourth-order valence-electron chi connectivity index (χ4n) is 1.87. The lowest BCUT2D eigenvalue weighted by Crippen LogP contribution is -2.10. The zero-order valence-corrected chi connectivity index (χ0v) is 10.4. The van der Waals surface area contributed by atoms with E-state index in [1.807, 2.05) is 0 Å². The highest BCUT2D eigenvalue weighted by Gasteiger charge is 2.26. The maximum atomic E-state index is 13.8. The fourth-order valence-corrected chi connectivity index (χ4v) is 1.87. The molecule has 1 aliphatic rings. The van der Waals surface area contributed by atoms with E-state index in [4.69, 9.17) is 4.74 Å². The van der Waals surface area contributed by atoms with Crippen LogP contribution in [0.15, 0.2) is 29.1 Å². The van der Waals surface area contributed by atoms with E-state index in [2.05, 4.69) is 9.97 Å². The van der Waals surface area contributed by atoms with Crippen LogP contribution in [0.4, 0.5) is 4.39 Å². The van der Waals surface area contributed by atoms with E-state index >= 15 is 0 Å². The van der Waals surface area contributed by atoms with Crippen LogP contribution in [0.25, 0.3) is 0 Å². The van der Waals surface area contributed by atoms with Crippen molar-refractivity contribution in [3.05, 3.63) is 51.8 Å². The summed E-state index contributed by atoms with van der Waals surface area (Å²) in [5.74, 6) is 0.710. The minimum atomic E-state index is -0.433. The van der Waals surface area contributed by atoms with E-state index in [9.17, 15) is 9.18 Å². The Morgan fingerprint density at radius 2 is 2.21 bits per heavy atom. The smallest absolute Gasteiger partial charge is 0.254 e. The molecule has 1 saturated carbocycles. The van der Waals surface area contributed by atoms with Gasteiger partial charge >= 0.3 is 0 Å².